The zero-order valence-electron chi connectivity index (χ0n) is 25.4. The number of carbonyl (C=O) groups is 1. The van der Waals surface area contributed by atoms with E-state index in [2.05, 4.69) is 77.9 Å². The maximum absolute atomic E-state index is 12.5. The first-order valence-electron chi connectivity index (χ1n) is 14.8. The quantitative estimate of drug-likeness (QED) is 0.172. The van der Waals surface area contributed by atoms with Gasteiger partial charge in [0.15, 0.2) is 5.79 Å². The monoisotopic (exact) mass is 522 g/mol. The molecule has 2 aromatic rings. The molecule has 0 spiro atoms. The maximum Gasteiger partial charge on any atom is 0.171 e. The predicted molar refractivity (Wildman–Crippen MR) is 161 cm³/mol. The second-order valence-electron chi connectivity index (χ2n) is 13.5. The fraction of sp³-hybridized carbons (Fsp3) is 0.629. The molecule has 0 radical (unpaired) electrons. The van der Waals surface area contributed by atoms with Crippen LogP contribution in [-0.4, -0.2) is 21.8 Å². The first kappa shape index (κ1) is 32.2. The van der Waals surface area contributed by atoms with E-state index in [-0.39, 0.29) is 17.6 Å². The van der Waals surface area contributed by atoms with Gasteiger partial charge in [0.25, 0.3) is 0 Å². The van der Waals surface area contributed by atoms with Crippen molar-refractivity contribution in [3.8, 4) is 0 Å². The first-order chi connectivity index (χ1) is 17.6. The molecule has 38 heavy (non-hydrogen) atoms. The van der Waals surface area contributed by atoms with Gasteiger partial charge in [-0.3, -0.25) is 4.79 Å². The average molecular weight is 523 g/mol. The van der Waals surface area contributed by atoms with Crippen LogP contribution in [0.15, 0.2) is 48.5 Å². The highest BCUT2D eigenvalue weighted by atomic mass is 16.5. The van der Waals surface area contributed by atoms with Crippen molar-refractivity contribution in [2.24, 2.45) is 11.8 Å². The zero-order valence-corrected chi connectivity index (χ0v) is 25.4. The lowest BCUT2D eigenvalue weighted by Crippen LogP contribution is -2.47. The van der Waals surface area contributed by atoms with E-state index in [0.717, 1.165) is 37.7 Å². The van der Waals surface area contributed by atoms with Crippen molar-refractivity contribution in [2.75, 3.05) is 0 Å². The predicted octanol–water partition coefficient (Wildman–Crippen LogP) is 8.32. The van der Waals surface area contributed by atoms with E-state index in [0.29, 0.717) is 31.1 Å². The van der Waals surface area contributed by atoms with E-state index >= 15 is 0 Å². The highest BCUT2D eigenvalue weighted by molar-refractivity contribution is 5.78. The van der Waals surface area contributed by atoms with E-state index < -0.39 is 11.2 Å². The van der Waals surface area contributed by atoms with Crippen LogP contribution in [0.4, 0.5) is 0 Å². The molecule has 0 saturated carbocycles. The van der Waals surface area contributed by atoms with Gasteiger partial charge in [-0.25, -0.2) is 0 Å². The standard InChI is InChI=1S/C35H54O3/c1-26(2)24-28-14-18-30(19-15-28)33(5,6)22-10-9-12-32(36)13-11-23-35(37,38)34(7,8)31-20-16-29(17-21-31)25-27(3)4/h14-21,26-27,37-38H,9-13,22-25H2,1-8H3. The number of Topliss-reactive ketones (excluding diaryl/α,β-unsaturated/α-hetero) is 1. The molecular formula is C35H54O3. The zero-order chi connectivity index (χ0) is 28.6. The summed E-state index contributed by atoms with van der Waals surface area (Å²) >= 11 is 0. The summed E-state index contributed by atoms with van der Waals surface area (Å²) in [7, 11) is 0. The molecule has 0 amide bonds. The van der Waals surface area contributed by atoms with Gasteiger partial charge >= 0.3 is 0 Å². The van der Waals surface area contributed by atoms with Crippen molar-refractivity contribution in [3.05, 3.63) is 70.8 Å². The molecule has 0 fully saturated rings. The third kappa shape index (κ3) is 9.65. The molecule has 0 aliphatic rings. The summed E-state index contributed by atoms with van der Waals surface area (Å²) in [6, 6.07) is 17.2. The molecule has 0 unspecified atom stereocenters. The third-order valence-corrected chi connectivity index (χ3v) is 8.19. The normalized spacial score (nSPS) is 12.9. The lowest BCUT2D eigenvalue weighted by Gasteiger charge is -2.39. The van der Waals surface area contributed by atoms with Gasteiger partial charge in [0.1, 0.15) is 5.78 Å². The largest absolute Gasteiger partial charge is 0.365 e. The van der Waals surface area contributed by atoms with E-state index in [4.69, 9.17) is 0 Å². The van der Waals surface area contributed by atoms with Gasteiger partial charge in [-0.15, -0.1) is 0 Å². The number of ketones is 1. The van der Waals surface area contributed by atoms with Crippen LogP contribution in [0.3, 0.4) is 0 Å². The Labute approximate surface area is 233 Å². The van der Waals surface area contributed by atoms with Crippen molar-refractivity contribution < 1.29 is 15.0 Å². The number of unbranched alkanes of at least 4 members (excludes halogenated alkanes) is 1. The molecule has 2 N–H and O–H groups in total. The van der Waals surface area contributed by atoms with Gasteiger partial charge in [0.05, 0.1) is 0 Å². The Morgan fingerprint density at radius 2 is 1.11 bits per heavy atom. The summed E-state index contributed by atoms with van der Waals surface area (Å²) in [6.07, 6.45) is 6.68. The minimum atomic E-state index is -1.87. The van der Waals surface area contributed by atoms with Crippen LogP contribution < -0.4 is 0 Å². The fourth-order valence-corrected chi connectivity index (χ4v) is 5.33. The molecule has 0 bridgehead atoms. The van der Waals surface area contributed by atoms with E-state index in [1.807, 2.05) is 26.0 Å². The molecule has 0 aliphatic carbocycles. The summed E-state index contributed by atoms with van der Waals surface area (Å²) in [5, 5.41) is 21.9. The van der Waals surface area contributed by atoms with Crippen LogP contribution in [0.25, 0.3) is 0 Å². The minimum absolute atomic E-state index is 0.0887. The second-order valence-corrected chi connectivity index (χ2v) is 13.5. The average Bonchev–Trinajstić information content (AvgIpc) is 2.81. The summed E-state index contributed by atoms with van der Waals surface area (Å²) in [4.78, 5) is 12.5. The summed E-state index contributed by atoms with van der Waals surface area (Å²) in [5.41, 5.74) is 4.17. The van der Waals surface area contributed by atoms with Crippen LogP contribution in [-0.2, 0) is 28.5 Å². The van der Waals surface area contributed by atoms with Crippen molar-refractivity contribution in [2.45, 2.75) is 130 Å². The first-order valence-corrected chi connectivity index (χ1v) is 14.8. The van der Waals surface area contributed by atoms with Crippen molar-refractivity contribution in [3.63, 3.8) is 0 Å². The molecule has 0 aliphatic heterocycles. The summed E-state index contributed by atoms with van der Waals surface area (Å²) in [5.74, 6) is -0.412. The Morgan fingerprint density at radius 1 is 0.658 bits per heavy atom. The van der Waals surface area contributed by atoms with Crippen molar-refractivity contribution >= 4 is 5.78 Å². The fourth-order valence-electron chi connectivity index (χ4n) is 5.33. The Bertz CT molecular complexity index is 979. The smallest absolute Gasteiger partial charge is 0.171 e. The highest BCUT2D eigenvalue weighted by Crippen LogP contribution is 2.37. The van der Waals surface area contributed by atoms with Gasteiger partial charge in [-0.05, 0) is 71.6 Å². The third-order valence-electron chi connectivity index (χ3n) is 8.19. The molecule has 0 saturated heterocycles. The van der Waals surface area contributed by atoms with Crippen LogP contribution >= 0.6 is 0 Å². The van der Waals surface area contributed by atoms with Gasteiger partial charge in [-0.1, -0.05) is 110 Å². The van der Waals surface area contributed by atoms with Gasteiger partial charge in [0, 0.05) is 24.7 Å². The lowest BCUT2D eigenvalue weighted by molar-refractivity contribution is -0.210. The molecule has 212 valence electrons. The molecule has 3 heteroatoms. The Morgan fingerprint density at radius 3 is 1.58 bits per heavy atom. The molecule has 0 atom stereocenters. The van der Waals surface area contributed by atoms with E-state index in [1.165, 1.54) is 16.7 Å². The number of rotatable bonds is 16. The maximum atomic E-state index is 12.5. The Balaban J connectivity index is 1.76. The SMILES string of the molecule is CC(C)Cc1ccc(C(C)(C)CCCCC(=O)CCCC(O)(O)C(C)(C)c2ccc(CC(C)C)cc2)cc1. The molecule has 0 aromatic heterocycles. The van der Waals surface area contributed by atoms with Crippen molar-refractivity contribution in [1.82, 2.24) is 0 Å². The number of benzene rings is 2. The van der Waals surface area contributed by atoms with Crippen LogP contribution in [0.1, 0.15) is 123 Å². The molecule has 2 aromatic carbocycles. The van der Waals surface area contributed by atoms with Crippen LogP contribution in [0.5, 0.6) is 0 Å². The second kappa shape index (κ2) is 13.9. The van der Waals surface area contributed by atoms with E-state index in [9.17, 15) is 15.0 Å². The molecule has 3 nitrogen and oxygen atoms in total. The Kier molecular flexibility index (Phi) is 11.8. The van der Waals surface area contributed by atoms with Gasteiger partial charge in [-0.2, -0.15) is 0 Å². The van der Waals surface area contributed by atoms with Gasteiger partial charge < -0.3 is 10.2 Å². The molecule has 0 heterocycles. The summed E-state index contributed by atoms with van der Waals surface area (Å²) < 4.78 is 0. The highest BCUT2D eigenvalue weighted by Gasteiger charge is 2.42. The van der Waals surface area contributed by atoms with Crippen molar-refractivity contribution in [1.29, 1.82) is 0 Å². The Hall–Kier alpha value is -1.97. The number of hydrogen-bond acceptors (Lipinski definition) is 3. The topological polar surface area (TPSA) is 57.5 Å². The van der Waals surface area contributed by atoms with Gasteiger partial charge in [0.2, 0.25) is 0 Å². The van der Waals surface area contributed by atoms with Crippen LogP contribution in [0.2, 0.25) is 0 Å². The number of carbonyl (C=O) groups excluding carboxylic acids is 1. The number of hydrogen-bond donors (Lipinski definition) is 2. The molecule has 2 rings (SSSR count). The summed E-state index contributed by atoms with van der Waals surface area (Å²) in [6.45, 7) is 17.2. The van der Waals surface area contributed by atoms with E-state index in [1.54, 1.807) is 0 Å². The van der Waals surface area contributed by atoms with Crippen LogP contribution in [0, 0.1) is 11.8 Å². The lowest BCUT2D eigenvalue weighted by atomic mass is 9.74. The minimum Gasteiger partial charge on any atom is -0.365 e. The number of aliphatic hydroxyl groups is 2. The molecular weight excluding hydrogens is 468 g/mol.